The first-order chi connectivity index (χ1) is 14.2. The third-order valence-corrected chi connectivity index (χ3v) is 7.13. The number of anilines is 1. The number of methoxy groups -OCH3 is 2. The molecule has 30 heavy (non-hydrogen) atoms. The number of fused-ring (bicyclic) bond motifs is 1. The second-order valence-electron chi connectivity index (χ2n) is 7.02. The third kappa shape index (κ3) is 3.75. The number of ether oxygens (including phenoxy) is 2. The lowest BCUT2D eigenvalue weighted by atomic mass is 10.0. The van der Waals surface area contributed by atoms with Crippen LogP contribution in [0.25, 0.3) is 5.57 Å². The molecule has 0 radical (unpaired) electrons. The number of nitrogens with one attached hydrogen (secondary N) is 1. The molecule has 2 aromatic rings. The zero-order valence-electron chi connectivity index (χ0n) is 17.8. The molecule has 1 aliphatic rings. The number of carbonyl (C=O) groups excluding carboxylic acids is 1. The smallest absolute Gasteiger partial charge is 0.270 e. The normalized spacial score (nSPS) is 14.9. The largest absolute Gasteiger partial charge is 0.493 e. The van der Waals surface area contributed by atoms with Crippen LogP contribution in [0, 0.1) is 6.92 Å². The van der Waals surface area contributed by atoms with Crippen molar-refractivity contribution < 1.29 is 22.7 Å². The van der Waals surface area contributed by atoms with Crippen molar-refractivity contribution in [1.82, 2.24) is 5.32 Å². The molecular formula is C22H26N2O5S. The Bertz CT molecular complexity index is 1120. The summed E-state index contributed by atoms with van der Waals surface area (Å²) in [7, 11) is -1.03. The van der Waals surface area contributed by atoms with E-state index >= 15 is 0 Å². The van der Waals surface area contributed by atoms with Gasteiger partial charge >= 0.3 is 0 Å². The third-order valence-electron chi connectivity index (χ3n) is 5.09. The highest BCUT2D eigenvalue weighted by molar-refractivity contribution is 7.97. The van der Waals surface area contributed by atoms with Crippen LogP contribution in [0.15, 0.2) is 41.3 Å². The van der Waals surface area contributed by atoms with Crippen molar-refractivity contribution in [3.05, 3.63) is 58.0 Å². The number of nitrogens with zero attached hydrogens (tertiary/aromatic N) is 1. The number of aryl methyl sites for hydroxylation is 1. The fraction of sp³-hybridized carbons (Fsp3) is 0.318. The van der Waals surface area contributed by atoms with E-state index in [1.165, 1.54) is 18.5 Å². The van der Waals surface area contributed by atoms with E-state index in [0.717, 1.165) is 11.1 Å². The maximum absolute atomic E-state index is 13.3. The summed E-state index contributed by atoms with van der Waals surface area (Å²) >= 11 is 0. The van der Waals surface area contributed by atoms with Crippen molar-refractivity contribution in [3.63, 3.8) is 0 Å². The average Bonchev–Trinajstić information content (AvgIpc) is 2.71. The van der Waals surface area contributed by atoms with Crippen LogP contribution in [0.4, 0.5) is 5.69 Å². The molecule has 0 spiro atoms. The molecule has 1 aliphatic heterocycles. The van der Waals surface area contributed by atoms with Gasteiger partial charge in [0.2, 0.25) is 0 Å². The quantitative estimate of drug-likeness (QED) is 0.761. The number of carbonyl (C=O) groups is 1. The van der Waals surface area contributed by atoms with E-state index in [1.807, 2.05) is 31.2 Å². The lowest BCUT2D eigenvalue weighted by Gasteiger charge is -2.32. The number of hydrogen-bond acceptors (Lipinski definition) is 5. The monoisotopic (exact) mass is 430 g/mol. The van der Waals surface area contributed by atoms with E-state index in [-0.39, 0.29) is 18.0 Å². The van der Waals surface area contributed by atoms with Crippen molar-refractivity contribution in [2.24, 2.45) is 0 Å². The SMILES string of the molecule is CCN1c2cc(OC)c(OC)cc2C(C)=C(C(=O)NCc2cccc(C)c2)S1(=O)=O. The molecule has 0 bridgehead atoms. The van der Waals surface area contributed by atoms with E-state index in [0.29, 0.717) is 28.3 Å². The Morgan fingerprint density at radius 2 is 1.73 bits per heavy atom. The number of benzene rings is 2. The molecule has 1 heterocycles. The first-order valence-corrected chi connectivity index (χ1v) is 11.0. The highest BCUT2D eigenvalue weighted by Gasteiger charge is 2.39. The summed E-state index contributed by atoms with van der Waals surface area (Å²) < 4.78 is 38.5. The lowest BCUT2D eigenvalue weighted by Crippen LogP contribution is -2.41. The van der Waals surface area contributed by atoms with Gasteiger partial charge in [-0.1, -0.05) is 29.8 Å². The highest BCUT2D eigenvalue weighted by atomic mass is 32.2. The van der Waals surface area contributed by atoms with Crippen molar-refractivity contribution in [3.8, 4) is 11.5 Å². The molecule has 0 saturated carbocycles. The second-order valence-corrected chi connectivity index (χ2v) is 8.82. The van der Waals surface area contributed by atoms with Crippen LogP contribution in [-0.4, -0.2) is 35.1 Å². The van der Waals surface area contributed by atoms with E-state index in [4.69, 9.17) is 9.47 Å². The van der Waals surface area contributed by atoms with Crippen LogP contribution in [0.5, 0.6) is 11.5 Å². The zero-order chi connectivity index (χ0) is 22.1. The van der Waals surface area contributed by atoms with Gasteiger partial charge in [-0.25, -0.2) is 8.42 Å². The number of sulfonamides is 1. The fourth-order valence-corrected chi connectivity index (χ4v) is 5.42. The van der Waals surface area contributed by atoms with Crippen LogP contribution in [-0.2, 0) is 21.4 Å². The summed E-state index contributed by atoms with van der Waals surface area (Å²) in [6.07, 6.45) is 0. The predicted molar refractivity (Wildman–Crippen MR) is 117 cm³/mol. The Morgan fingerprint density at radius 1 is 1.07 bits per heavy atom. The Kier molecular flexibility index (Phi) is 6.07. The Labute approximate surface area is 177 Å². The van der Waals surface area contributed by atoms with E-state index in [1.54, 1.807) is 26.0 Å². The molecule has 0 aromatic heterocycles. The van der Waals surface area contributed by atoms with Gasteiger partial charge in [-0.05, 0) is 38.0 Å². The van der Waals surface area contributed by atoms with Gasteiger partial charge in [0.05, 0.1) is 19.9 Å². The number of hydrogen-bond donors (Lipinski definition) is 1. The molecule has 0 atom stereocenters. The first kappa shape index (κ1) is 21.7. The van der Waals surface area contributed by atoms with Gasteiger partial charge in [0, 0.05) is 24.7 Å². The van der Waals surface area contributed by atoms with Crippen LogP contribution in [0.1, 0.15) is 30.5 Å². The van der Waals surface area contributed by atoms with Crippen molar-refractivity contribution in [2.45, 2.75) is 27.3 Å². The molecule has 8 heteroatoms. The molecule has 2 aromatic carbocycles. The standard InChI is InChI=1S/C22H26N2O5S/c1-6-24-18-12-20(29-5)19(28-4)11-17(18)15(3)21(30(24,26)27)22(25)23-13-16-9-7-8-14(2)10-16/h7-12H,6,13H2,1-5H3,(H,23,25). The minimum atomic E-state index is -4.03. The molecule has 1 N–H and O–H groups in total. The summed E-state index contributed by atoms with van der Waals surface area (Å²) in [4.78, 5) is 12.7. The van der Waals surface area contributed by atoms with E-state index in [9.17, 15) is 13.2 Å². The lowest BCUT2D eigenvalue weighted by molar-refractivity contribution is -0.117. The van der Waals surface area contributed by atoms with Crippen molar-refractivity contribution >= 4 is 27.2 Å². The summed E-state index contributed by atoms with van der Waals surface area (Å²) in [5, 5.41) is 2.75. The summed E-state index contributed by atoms with van der Waals surface area (Å²) in [5.74, 6) is 0.253. The molecule has 7 nitrogen and oxygen atoms in total. The van der Waals surface area contributed by atoms with Gasteiger partial charge in [0.15, 0.2) is 16.4 Å². The topological polar surface area (TPSA) is 84.9 Å². The molecule has 160 valence electrons. The van der Waals surface area contributed by atoms with Gasteiger partial charge in [-0.2, -0.15) is 0 Å². The fourth-order valence-electron chi connectivity index (χ4n) is 3.64. The number of rotatable bonds is 6. The molecular weight excluding hydrogens is 404 g/mol. The number of allylic oxidation sites excluding steroid dienone is 1. The maximum atomic E-state index is 13.3. The molecule has 0 saturated heterocycles. The molecule has 1 amide bonds. The Morgan fingerprint density at radius 3 is 2.33 bits per heavy atom. The second kappa shape index (κ2) is 8.39. The van der Waals surface area contributed by atoms with Gasteiger partial charge in [-0.15, -0.1) is 0 Å². The van der Waals surface area contributed by atoms with Crippen LogP contribution >= 0.6 is 0 Å². The van der Waals surface area contributed by atoms with Gasteiger partial charge in [-0.3, -0.25) is 9.10 Å². The van der Waals surface area contributed by atoms with E-state index < -0.39 is 15.9 Å². The maximum Gasteiger partial charge on any atom is 0.270 e. The molecule has 0 fully saturated rings. The average molecular weight is 431 g/mol. The van der Waals surface area contributed by atoms with Gasteiger partial charge in [0.25, 0.3) is 15.9 Å². The van der Waals surface area contributed by atoms with Crippen molar-refractivity contribution in [2.75, 3.05) is 25.1 Å². The zero-order valence-corrected chi connectivity index (χ0v) is 18.6. The predicted octanol–water partition coefficient (Wildman–Crippen LogP) is 3.23. The van der Waals surface area contributed by atoms with Crippen LogP contribution in [0.3, 0.4) is 0 Å². The van der Waals surface area contributed by atoms with Crippen LogP contribution < -0.4 is 19.1 Å². The van der Waals surface area contributed by atoms with Crippen molar-refractivity contribution in [1.29, 1.82) is 0 Å². The van der Waals surface area contributed by atoms with Gasteiger partial charge < -0.3 is 14.8 Å². The summed E-state index contributed by atoms with van der Waals surface area (Å²) in [6, 6.07) is 11.0. The Balaban J connectivity index is 2.07. The van der Waals surface area contributed by atoms with E-state index in [2.05, 4.69) is 5.32 Å². The molecule has 0 aliphatic carbocycles. The summed E-state index contributed by atoms with van der Waals surface area (Å²) in [6.45, 7) is 5.73. The molecule has 3 rings (SSSR count). The van der Waals surface area contributed by atoms with Crippen LogP contribution in [0.2, 0.25) is 0 Å². The highest BCUT2D eigenvalue weighted by Crippen LogP contribution is 2.44. The minimum absolute atomic E-state index is 0.173. The Hall–Kier alpha value is -3.00. The number of amides is 1. The van der Waals surface area contributed by atoms with Gasteiger partial charge in [0.1, 0.15) is 0 Å². The first-order valence-electron chi connectivity index (χ1n) is 9.58. The minimum Gasteiger partial charge on any atom is -0.493 e. The molecule has 0 unspecified atom stereocenters. The summed E-state index contributed by atoms with van der Waals surface area (Å²) in [5.41, 5.74) is 3.41.